The number of aromatic nitrogens is 2. The molecule has 3 heterocycles. The fourth-order valence-electron chi connectivity index (χ4n) is 5.86. The van der Waals surface area contributed by atoms with Crippen LogP contribution >= 0.6 is 0 Å². The molecule has 0 bridgehead atoms. The summed E-state index contributed by atoms with van der Waals surface area (Å²) in [4.78, 5) is 26.9. The van der Waals surface area contributed by atoms with Crippen LogP contribution in [0.3, 0.4) is 0 Å². The van der Waals surface area contributed by atoms with Gasteiger partial charge in [0, 0.05) is 37.2 Å². The van der Waals surface area contributed by atoms with Gasteiger partial charge in [-0.3, -0.25) is 4.79 Å². The number of aliphatic imine (C=N–C) groups is 1. The summed E-state index contributed by atoms with van der Waals surface area (Å²) in [6, 6.07) is 8.56. The smallest absolute Gasteiger partial charge is 0.269 e. The maximum Gasteiger partial charge on any atom is 0.269 e. The summed E-state index contributed by atoms with van der Waals surface area (Å²) in [6.45, 7) is 1.57. The van der Waals surface area contributed by atoms with Crippen LogP contribution in [-0.4, -0.2) is 46.4 Å². The fourth-order valence-corrected chi connectivity index (χ4v) is 5.86. The van der Waals surface area contributed by atoms with Crippen LogP contribution in [0.4, 0.5) is 5.82 Å². The lowest BCUT2D eigenvalue weighted by atomic mass is 9.73. The summed E-state index contributed by atoms with van der Waals surface area (Å²) in [5, 5.41) is 10.0. The number of aliphatic hydroxyl groups is 1. The molecule has 6 rings (SSSR count). The Bertz CT molecular complexity index is 1450. The molecule has 8 nitrogen and oxygen atoms in total. The summed E-state index contributed by atoms with van der Waals surface area (Å²) in [5.74, 6) is 6.96. The zero-order chi connectivity index (χ0) is 26.1. The molecule has 1 aromatic carbocycles. The Kier molecular flexibility index (Phi) is 6.40. The zero-order valence-electron chi connectivity index (χ0n) is 21.0. The second kappa shape index (κ2) is 10.0. The van der Waals surface area contributed by atoms with Gasteiger partial charge in [-0.05, 0) is 47.8 Å². The summed E-state index contributed by atoms with van der Waals surface area (Å²) in [5.41, 5.74) is 11.1. The zero-order valence-corrected chi connectivity index (χ0v) is 21.0. The Hall–Kier alpha value is -4.06. The molecule has 1 fully saturated rings. The standard InChI is InChI=1S/C30H29N5O3/c31-28-24-6-2-1-4-21(24)17-30(28)11-13-35(14-12-30)29-26(19-36)33-22(18-32-29)5-3-15-38-23-9-7-20-8-10-27(37)34-25(20)16-23/h1-2,4,6-10,16,18,20,28,36H,11-15,17,19,31H2/t20?,28-/m1/s1. The highest BCUT2D eigenvalue weighted by molar-refractivity contribution is 6.11. The number of hydrogen-bond donors (Lipinski definition) is 2. The molecule has 0 radical (unpaired) electrons. The molecule has 3 N–H and O–H groups in total. The fraction of sp³-hybridized carbons (Fsp3) is 0.333. The average Bonchev–Trinajstić information content (AvgIpc) is 3.22. The number of nitrogens with two attached hydrogens (primary N) is 1. The van der Waals surface area contributed by atoms with Crippen LogP contribution in [0.25, 0.3) is 0 Å². The van der Waals surface area contributed by atoms with Gasteiger partial charge in [-0.1, -0.05) is 42.3 Å². The second-order valence-electron chi connectivity index (χ2n) is 10.1. The summed E-state index contributed by atoms with van der Waals surface area (Å²) in [7, 11) is 0. The van der Waals surface area contributed by atoms with Crippen molar-refractivity contribution in [2.75, 3.05) is 24.6 Å². The van der Waals surface area contributed by atoms with E-state index >= 15 is 0 Å². The summed E-state index contributed by atoms with van der Waals surface area (Å²) >= 11 is 0. The van der Waals surface area contributed by atoms with Crippen molar-refractivity contribution < 1.29 is 14.6 Å². The topological polar surface area (TPSA) is 114 Å². The van der Waals surface area contributed by atoms with Gasteiger partial charge in [-0.2, -0.15) is 0 Å². The first-order valence-corrected chi connectivity index (χ1v) is 12.9. The number of allylic oxidation sites excluding steroid dienone is 4. The van der Waals surface area contributed by atoms with Gasteiger partial charge in [-0.25, -0.2) is 15.0 Å². The third kappa shape index (κ3) is 4.55. The van der Waals surface area contributed by atoms with Gasteiger partial charge in [0.15, 0.2) is 5.82 Å². The Labute approximate surface area is 221 Å². The second-order valence-corrected chi connectivity index (χ2v) is 10.1. The van der Waals surface area contributed by atoms with Gasteiger partial charge >= 0.3 is 0 Å². The highest BCUT2D eigenvalue weighted by atomic mass is 16.5. The van der Waals surface area contributed by atoms with Gasteiger partial charge in [-0.15, -0.1) is 0 Å². The molecule has 8 heteroatoms. The molecule has 4 aliphatic rings. The molecule has 2 aromatic rings. The van der Waals surface area contributed by atoms with Crippen molar-refractivity contribution >= 4 is 17.4 Å². The van der Waals surface area contributed by atoms with E-state index in [9.17, 15) is 9.90 Å². The van der Waals surface area contributed by atoms with E-state index in [2.05, 4.69) is 56.0 Å². The van der Waals surface area contributed by atoms with Crippen molar-refractivity contribution in [3.63, 3.8) is 0 Å². The monoisotopic (exact) mass is 507 g/mol. The Balaban J connectivity index is 1.08. The van der Waals surface area contributed by atoms with Crippen LogP contribution in [0, 0.1) is 23.2 Å². The molecule has 0 saturated carbocycles. The maximum absolute atomic E-state index is 11.5. The molecular formula is C30H29N5O3. The highest BCUT2D eigenvalue weighted by Gasteiger charge is 2.46. The molecule has 1 aromatic heterocycles. The lowest BCUT2D eigenvalue weighted by Gasteiger charge is -2.42. The molecule has 38 heavy (non-hydrogen) atoms. The van der Waals surface area contributed by atoms with Crippen molar-refractivity contribution in [1.82, 2.24) is 9.97 Å². The van der Waals surface area contributed by atoms with E-state index < -0.39 is 0 Å². The third-order valence-corrected chi connectivity index (χ3v) is 7.94. The van der Waals surface area contributed by atoms with Crippen LogP contribution in [-0.2, 0) is 22.6 Å². The molecule has 1 saturated heterocycles. The van der Waals surface area contributed by atoms with Crippen LogP contribution < -0.4 is 10.6 Å². The normalized spacial score (nSPS) is 22.8. The molecule has 2 aliphatic heterocycles. The minimum atomic E-state index is -0.264. The van der Waals surface area contributed by atoms with E-state index in [-0.39, 0.29) is 36.5 Å². The number of carbonyl (C=O) groups is 1. The van der Waals surface area contributed by atoms with E-state index in [4.69, 9.17) is 10.5 Å². The molecule has 1 spiro atoms. The number of hydrogen-bond acceptors (Lipinski definition) is 7. The molecular weight excluding hydrogens is 478 g/mol. The number of anilines is 1. The number of nitrogens with zero attached hydrogens (tertiary/aromatic N) is 4. The lowest BCUT2D eigenvalue weighted by Crippen LogP contribution is -2.45. The maximum atomic E-state index is 11.5. The Morgan fingerprint density at radius 2 is 2.00 bits per heavy atom. The number of benzene rings is 1. The van der Waals surface area contributed by atoms with Crippen molar-refractivity contribution in [3.8, 4) is 11.8 Å². The Morgan fingerprint density at radius 1 is 1.18 bits per heavy atom. The molecule has 192 valence electrons. The van der Waals surface area contributed by atoms with Crippen LogP contribution in [0.1, 0.15) is 41.4 Å². The third-order valence-electron chi connectivity index (χ3n) is 7.94. The first-order chi connectivity index (χ1) is 18.5. The number of fused-ring (bicyclic) bond motifs is 2. The summed E-state index contributed by atoms with van der Waals surface area (Å²) in [6.07, 6.45) is 13.4. The SMILES string of the molecule is N[C@@H]1c2ccccc2CC12CCN(c1ncc(C#CCOC3=CC4=NC(=O)C=CC4C=C3)nc1CO)CC2. The van der Waals surface area contributed by atoms with Crippen molar-refractivity contribution in [2.24, 2.45) is 22.1 Å². The van der Waals surface area contributed by atoms with Crippen molar-refractivity contribution in [1.29, 1.82) is 0 Å². The number of dihydropyridines is 1. The van der Waals surface area contributed by atoms with Gasteiger partial charge in [0.2, 0.25) is 0 Å². The van der Waals surface area contributed by atoms with E-state index in [1.54, 1.807) is 12.3 Å². The quantitative estimate of drug-likeness (QED) is 0.612. The number of amides is 1. The van der Waals surface area contributed by atoms with Crippen molar-refractivity contribution in [3.05, 3.63) is 89.1 Å². The number of rotatable bonds is 4. The van der Waals surface area contributed by atoms with Gasteiger partial charge < -0.3 is 20.5 Å². The van der Waals surface area contributed by atoms with Crippen LogP contribution in [0.15, 0.2) is 71.6 Å². The van der Waals surface area contributed by atoms with E-state index in [0.717, 1.165) is 32.4 Å². The first-order valence-electron chi connectivity index (χ1n) is 12.9. The molecule has 1 unspecified atom stereocenters. The van der Waals surface area contributed by atoms with E-state index in [1.807, 2.05) is 18.2 Å². The number of ether oxygens (including phenoxy) is 1. The predicted molar refractivity (Wildman–Crippen MR) is 144 cm³/mol. The number of carbonyl (C=O) groups excluding carboxylic acids is 1. The predicted octanol–water partition coefficient (Wildman–Crippen LogP) is 2.79. The van der Waals surface area contributed by atoms with E-state index in [1.165, 1.54) is 17.2 Å². The van der Waals surface area contributed by atoms with Crippen molar-refractivity contribution in [2.45, 2.75) is 31.9 Å². The summed E-state index contributed by atoms with van der Waals surface area (Å²) < 4.78 is 5.71. The minimum Gasteiger partial charge on any atom is -0.481 e. The number of aliphatic hydroxyl groups excluding tert-OH is 1. The first kappa shape index (κ1) is 24.3. The lowest BCUT2D eigenvalue weighted by molar-refractivity contribution is -0.113. The average molecular weight is 508 g/mol. The van der Waals surface area contributed by atoms with E-state index in [0.29, 0.717) is 28.7 Å². The largest absolute Gasteiger partial charge is 0.481 e. The van der Waals surface area contributed by atoms with Gasteiger partial charge in [0.05, 0.1) is 18.5 Å². The van der Waals surface area contributed by atoms with Gasteiger partial charge in [0.1, 0.15) is 23.8 Å². The molecule has 2 aliphatic carbocycles. The molecule has 2 atom stereocenters. The highest BCUT2D eigenvalue weighted by Crippen LogP contribution is 2.51. The van der Waals surface area contributed by atoms with Gasteiger partial charge in [0.25, 0.3) is 5.91 Å². The number of piperidine rings is 1. The Morgan fingerprint density at radius 3 is 2.82 bits per heavy atom. The minimum absolute atomic E-state index is 0.00783. The molecule has 1 amide bonds. The van der Waals surface area contributed by atoms with Crippen LogP contribution in [0.5, 0.6) is 0 Å². The van der Waals surface area contributed by atoms with Crippen LogP contribution in [0.2, 0.25) is 0 Å².